The Morgan fingerprint density at radius 1 is 1.35 bits per heavy atom. The molecule has 0 saturated carbocycles. The molecule has 0 aliphatic rings. The van der Waals surface area contributed by atoms with E-state index in [-0.39, 0.29) is 18.0 Å². The monoisotopic (exact) mass is 371 g/mol. The van der Waals surface area contributed by atoms with Crippen LogP contribution in [0.5, 0.6) is 0 Å². The highest BCUT2D eigenvalue weighted by Gasteiger charge is 2.14. The first kappa shape index (κ1) is 17.9. The first-order valence-corrected chi connectivity index (χ1v) is 8.92. The van der Waals surface area contributed by atoms with Gasteiger partial charge in [0.15, 0.2) is 5.16 Å². The predicted molar refractivity (Wildman–Crippen MR) is 99.2 cm³/mol. The standard InChI is InChI=1S/C18H17N3O4S/c1-3-24-17(23)13-8-20-18(21-16(13)19)26-9-11-7-15(22)25-14-6-10(2)4-5-12(11)14/h4-8H,3,9H2,1-2H3,(H2,19,20,21). The third-order valence-corrected chi connectivity index (χ3v) is 4.54. The van der Waals surface area contributed by atoms with E-state index >= 15 is 0 Å². The van der Waals surface area contributed by atoms with Gasteiger partial charge in [0, 0.05) is 23.4 Å². The summed E-state index contributed by atoms with van der Waals surface area (Å²) in [7, 11) is 0. The van der Waals surface area contributed by atoms with E-state index < -0.39 is 11.6 Å². The van der Waals surface area contributed by atoms with Crippen LogP contribution in [0.2, 0.25) is 0 Å². The minimum absolute atomic E-state index is 0.0639. The molecule has 0 unspecified atom stereocenters. The lowest BCUT2D eigenvalue weighted by atomic mass is 10.1. The highest BCUT2D eigenvalue weighted by molar-refractivity contribution is 7.98. The summed E-state index contributed by atoms with van der Waals surface area (Å²) >= 11 is 1.31. The van der Waals surface area contributed by atoms with E-state index in [1.165, 1.54) is 24.0 Å². The summed E-state index contributed by atoms with van der Waals surface area (Å²) < 4.78 is 10.1. The van der Waals surface area contributed by atoms with Crippen molar-refractivity contribution in [3.05, 3.63) is 57.6 Å². The lowest BCUT2D eigenvalue weighted by molar-refractivity contribution is 0.0526. The topological polar surface area (TPSA) is 108 Å². The second-order valence-electron chi connectivity index (χ2n) is 5.55. The molecule has 0 amide bonds. The molecule has 2 aromatic heterocycles. The molecule has 2 N–H and O–H groups in total. The first-order valence-electron chi connectivity index (χ1n) is 7.93. The normalized spacial score (nSPS) is 10.8. The molecule has 2 heterocycles. The largest absolute Gasteiger partial charge is 0.462 e. The Labute approximate surface area is 153 Å². The number of nitrogen functional groups attached to an aromatic ring is 1. The predicted octanol–water partition coefficient (Wildman–Crippen LogP) is 2.94. The summed E-state index contributed by atoms with van der Waals surface area (Å²) in [5, 5.41) is 1.27. The molecule has 0 fully saturated rings. The maximum atomic E-state index is 11.8. The van der Waals surface area contributed by atoms with E-state index in [0.29, 0.717) is 16.5 Å². The fourth-order valence-corrected chi connectivity index (χ4v) is 3.23. The van der Waals surface area contributed by atoms with Crippen molar-refractivity contribution in [2.24, 2.45) is 0 Å². The van der Waals surface area contributed by atoms with Crippen LogP contribution in [-0.2, 0) is 10.5 Å². The summed E-state index contributed by atoms with van der Waals surface area (Å²) in [6, 6.07) is 7.16. The zero-order chi connectivity index (χ0) is 18.7. The van der Waals surface area contributed by atoms with Gasteiger partial charge in [0.25, 0.3) is 0 Å². The van der Waals surface area contributed by atoms with Crippen molar-refractivity contribution in [1.82, 2.24) is 9.97 Å². The number of aromatic nitrogens is 2. The molecular formula is C18H17N3O4S. The second kappa shape index (κ2) is 7.57. The second-order valence-corrected chi connectivity index (χ2v) is 6.49. The molecule has 0 aliphatic heterocycles. The number of aryl methyl sites for hydroxylation is 1. The van der Waals surface area contributed by atoms with Gasteiger partial charge in [-0.1, -0.05) is 23.9 Å². The number of hydrogen-bond acceptors (Lipinski definition) is 8. The van der Waals surface area contributed by atoms with Gasteiger partial charge >= 0.3 is 11.6 Å². The van der Waals surface area contributed by atoms with Crippen LogP contribution in [0.25, 0.3) is 11.0 Å². The van der Waals surface area contributed by atoms with Gasteiger partial charge in [0.2, 0.25) is 0 Å². The summed E-state index contributed by atoms with van der Waals surface area (Å²) in [6.45, 7) is 3.89. The number of nitrogens with two attached hydrogens (primary N) is 1. The number of anilines is 1. The molecule has 0 saturated heterocycles. The third-order valence-electron chi connectivity index (χ3n) is 3.63. The van der Waals surface area contributed by atoms with Crippen molar-refractivity contribution in [3.8, 4) is 0 Å². The minimum atomic E-state index is -0.552. The van der Waals surface area contributed by atoms with Gasteiger partial charge in [-0.3, -0.25) is 0 Å². The van der Waals surface area contributed by atoms with Crippen LogP contribution in [0, 0.1) is 6.92 Å². The summed E-state index contributed by atoms with van der Waals surface area (Å²) in [5.41, 5.74) is 7.93. The Balaban J connectivity index is 1.83. The third kappa shape index (κ3) is 3.85. The average molecular weight is 371 g/mol. The van der Waals surface area contributed by atoms with E-state index in [1.807, 2.05) is 25.1 Å². The number of ether oxygens (including phenoxy) is 1. The van der Waals surface area contributed by atoms with Gasteiger partial charge in [0.05, 0.1) is 6.61 Å². The lowest BCUT2D eigenvalue weighted by Crippen LogP contribution is -2.10. The van der Waals surface area contributed by atoms with Gasteiger partial charge in [-0.2, -0.15) is 0 Å². The van der Waals surface area contributed by atoms with E-state index in [2.05, 4.69) is 9.97 Å². The number of rotatable bonds is 5. The van der Waals surface area contributed by atoms with E-state index in [0.717, 1.165) is 16.5 Å². The number of carbonyl (C=O) groups is 1. The fraction of sp³-hybridized carbons (Fsp3) is 0.222. The van der Waals surface area contributed by atoms with E-state index in [9.17, 15) is 9.59 Å². The van der Waals surface area contributed by atoms with Gasteiger partial charge in [-0.05, 0) is 31.0 Å². The van der Waals surface area contributed by atoms with Crippen LogP contribution in [-0.4, -0.2) is 22.5 Å². The fourth-order valence-electron chi connectivity index (χ4n) is 2.41. The van der Waals surface area contributed by atoms with Crippen LogP contribution in [0.1, 0.15) is 28.4 Å². The smallest absolute Gasteiger partial charge is 0.343 e. The van der Waals surface area contributed by atoms with Gasteiger partial charge in [-0.15, -0.1) is 0 Å². The molecule has 134 valence electrons. The van der Waals surface area contributed by atoms with Crippen LogP contribution in [0.3, 0.4) is 0 Å². The molecule has 1 aromatic carbocycles. The van der Waals surface area contributed by atoms with Crippen molar-refractivity contribution < 1.29 is 13.9 Å². The number of nitrogens with zero attached hydrogens (tertiary/aromatic N) is 2. The Morgan fingerprint density at radius 3 is 2.88 bits per heavy atom. The Bertz CT molecular complexity index is 1030. The molecule has 7 nitrogen and oxygen atoms in total. The number of fused-ring (bicyclic) bond motifs is 1. The van der Waals surface area contributed by atoms with Crippen molar-refractivity contribution in [1.29, 1.82) is 0 Å². The Morgan fingerprint density at radius 2 is 2.15 bits per heavy atom. The van der Waals surface area contributed by atoms with Gasteiger partial charge < -0.3 is 14.9 Å². The Hall–Kier alpha value is -2.87. The maximum absolute atomic E-state index is 11.8. The average Bonchev–Trinajstić information content (AvgIpc) is 2.59. The molecule has 3 rings (SSSR count). The SMILES string of the molecule is CCOC(=O)c1cnc(SCc2cc(=O)oc3cc(C)ccc23)nc1N. The summed E-state index contributed by atoms with van der Waals surface area (Å²) in [4.78, 5) is 31.8. The molecule has 26 heavy (non-hydrogen) atoms. The molecule has 0 aliphatic carbocycles. The summed E-state index contributed by atoms with van der Waals surface area (Å²) in [5.74, 6) is -0.0267. The number of hydrogen-bond donors (Lipinski definition) is 1. The van der Waals surface area contributed by atoms with Crippen LogP contribution in [0.15, 0.2) is 44.8 Å². The highest BCUT2D eigenvalue weighted by Crippen LogP contribution is 2.26. The van der Waals surface area contributed by atoms with Crippen LogP contribution in [0.4, 0.5) is 5.82 Å². The molecule has 0 bridgehead atoms. The molecule has 0 atom stereocenters. The lowest BCUT2D eigenvalue weighted by Gasteiger charge is -2.07. The first-order chi connectivity index (χ1) is 12.5. The van der Waals surface area contributed by atoms with Crippen molar-refractivity contribution in [2.45, 2.75) is 24.8 Å². The van der Waals surface area contributed by atoms with Crippen LogP contribution >= 0.6 is 11.8 Å². The van der Waals surface area contributed by atoms with Crippen molar-refractivity contribution in [3.63, 3.8) is 0 Å². The molecule has 8 heteroatoms. The Kier molecular flexibility index (Phi) is 5.22. The molecular weight excluding hydrogens is 354 g/mol. The zero-order valence-electron chi connectivity index (χ0n) is 14.3. The number of benzene rings is 1. The molecule has 0 radical (unpaired) electrons. The van der Waals surface area contributed by atoms with E-state index in [4.69, 9.17) is 14.9 Å². The minimum Gasteiger partial charge on any atom is -0.462 e. The van der Waals surface area contributed by atoms with Crippen LogP contribution < -0.4 is 11.4 Å². The summed E-state index contributed by atoms with van der Waals surface area (Å²) in [6.07, 6.45) is 1.35. The van der Waals surface area contributed by atoms with E-state index in [1.54, 1.807) is 6.92 Å². The van der Waals surface area contributed by atoms with Gasteiger partial charge in [-0.25, -0.2) is 19.6 Å². The van der Waals surface area contributed by atoms with Gasteiger partial charge in [0.1, 0.15) is 17.0 Å². The quantitative estimate of drug-likeness (QED) is 0.316. The van der Waals surface area contributed by atoms with Crippen molar-refractivity contribution >= 4 is 34.5 Å². The van der Waals surface area contributed by atoms with Crippen molar-refractivity contribution in [2.75, 3.05) is 12.3 Å². The number of esters is 1. The molecule has 3 aromatic rings. The maximum Gasteiger partial charge on any atom is 0.343 e. The highest BCUT2D eigenvalue weighted by atomic mass is 32.2. The zero-order valence-corrected chi connectivity index (χ0v) is 15.1. The molecule has 0 spiro atoms. The number of carbonyl (C=O) groups excluding carboxylic acids is 1. The number of thioether (sulfide) groups is 1.